The van der Waals surface area contributed by atoms with Gasteiger partial charge in [0.1, 0.15) is 6.10 Å². The molecule has 0 saturated carbocycles. The molecular formula is C20H27FO5. The van der Waals surface area contributed by atoms with Gasteiger partial charge in [0.2, 0.25) is 5.82 Å². The van der Waals surface area contributed by atoms with Gasteiger partial charge in [-0.25, -0.2) is 0 Å². The number of benzene rings is 1. The second-order valence-corrected chi connectivity index (χ2v) is 6.64. The maximum absolute atomic E-state index is 14.0. The number of ketones is 1. The van der Waals surface area contributed by atoms with Crippen LogP contribution in [0.15, 0.2) is 12.1 Å². The summed E-state index contributed by atoms with van der Waals surface area (Å²) in [6, 6.07) is 2.73. The molecule has 0 aliphatic carbocycles. The lowest BCUT2D eigenvalue weighted by Crippen LogP contribution is -2.31. The standard InChI is InChI=1S/C20H27FO5/c1-3-6-13-9-10-14(26-20(13)24)7-5-8-16(22)15-11-12-17(25-4-2)18(21)19(15)23/h11-14,23H,3-10H2,1-2H3. The van der Waals surface area contributed by atoms with E-state index in [1.165, 1.54) is 12.1 Å². The summed E-state index contributed by atoms with van der Waals surface area (Å²) in [5.41, 5.74) is -0.0467. The number of carbonyl (C=O) groups excluding carboxylic acids is 2. The van der Waals surface area contributed by atoms with E-state index < -0.39 is 11.6 Å². The van der Waals surface area contributed by atoms with E-state index in [2.05, 4.69) is 0 Å². The third-order valence-corrected chi connectivity index (χ3v) is 4.70. The number of halogens is 1. The Labute approximate surface area is 153 Å². The number of aromatic hydroxyl groups is 1. The Bertz CT molecular complexity index is 643. The smallest absolute Gasteiger partial charge is 0.309 e. The Hall–Kier alpha value is -2.11. The van der Waals surface area contributed by atoms with Crippen LogP contribution in [-0.4, -0.2) is 29.6 Å². The molecule has 0 radical (unpaired) electrons. The van der Waals surface area contributed by atoms with E-state index in [0.29, 0.717) is 12.8 Å². The molecule has 0 amide bonds. The minimum Gasteiger partial charge on any atom is -0.504 e. The predicted molar refractivity (Wildman–Crippen MR) is 94.9 cm³/mol. The van der Waals surface area contributed by atoms with Gasteiger partial charge in [-0.1, -0.05) is 13.3 Å². The van der Waals surface area contributed by atoms with Crippen LogP contribution in [0, 0.1) is 11.7 Å². The van der Waals surface area contributed by atoms with Crippen LogP contribution in [0.1, 0.15) is 69.2 Å². The fourth-order valence-electron chi connectivity index (χ4n) is 3.30. The van der Waals surface area contributed by atoms with E-state index in [-0.39, 0.29) is 48.1 Å². The monoisotopic (exact) mass is 366 g/mol. The highest BCUT2D eigenvalue weighted by molar-refractivity contribution is 5.98. The number of Topliss-reactive ketones (excluding diaryl/α,β-unsaturated/α-hetero) is 1. The van der Waals surface area contributed by atoms with Crippen LogP contribution in [0.25, 0.3) is 0 Å². The average Bonchev–Trinajstić information content (AvgIpc) is 2.61. The molecule has 2 atom stereocenters. The summed E-state index contributed by atoms with van der Waals surface area (Å²) in [7, 11) is 0. The second kappa shape index (κ2) is 9.55. The molecule has 0 spiro atoms. The number of carbonyl (C=O) groups is 2. The van der Waals surface area contributed by atoms with Gasteiger partial charge in [0.15, 0.2) is 17.3 Å². The van der Waals surface area contributed by atoms with Crippen molar-refractivity contribution in [2.45, 2.75) is 64.9 Å². The van der Waals surface area contributed by atoms with Gasteiger partial charge < -0.3 is 14.6 Å². The van der Waals surface area contributed by atoms with Crippen molar-refractivity contribution >= 4 is 11.8 Å². The number of esters is 1. The average molecular weight is 366 g/mol. The molecule has 1 aliphatic heterocycles. The Kier molecular flexibility index (Phi) is 7.42. The minimum absolute atomic E-state index is 0.00154. The van der Waals surface area contributed by atoms with Crippen LogP contribution in [-0.2, 0) is 9.53 Å². The van der Waals surface area contributed by atoms with Crippen molar-refractivity contribution in [1.82, 2.24) is 0 Å². The first-order valence-electron chi connectivity index (χ1n) is 9.35. The highest BCUT2D eigenvalue weighted by atomic mass is 19.1. The first kappa shape index (κ1) is 20.2. The second-order valence-electron chi connectivity index (χ2n) is 6.64. The first-order valence-corrected chi connectivity index (χ1v) is 9.35. The topological polar surface area (TPSA) is 72.8 Å². The van der Waals surface area contributed by atoms with Crippen molar-refractivity contribution in [1.29, 1.82) is 0 Å². The van der Waals surface area contributed by atoms with Crippen LogP contribution in [0.4, 0.5) is 4.39 Å². The molecule has 1 heterocycles. The molecule has 0 bridgehead atoms. The van der Waals surface area contributed by atoms with Crippen molar-refractivity contribution < 1.29 is 28.6 Å². The van der Waals surface area contributed by atoms with Crippen molar-refractivity contribution in [3.63, 3.8) is 0 Å². The fraction of sp³-hybridized carbons (Fsp3) is 0.600. The van der Waals surface area contributed by atoms with Crippen LogP contribution in [0.5, 0.6) is 11.5 Å². The largest absolute Gasteiger partial charge is 0.504 e. The van der Waals surface area contributed by atoms with Crippen LogP contribution >= 0.6 is 0 Å². The van der Waals surface area contributed by atoms with Gasteiger partial charge in [-0.3, -0.25) is 9.59 Å². The quantitative estimate of drug-likeness (QED) is 0.518. The van der Waals surface area contributed by atoms with E-state index in [9.17, 15) is 19.1 Å². The molecule has 6 heteroatoms. The van der Waals surface area contributed by atoms with Crippen LogP contribution < -0.4 is 4.74 Å². The number of hydrogen-bond acceptors (Lipinski definition) is 5. The summed E-state index contributed by atoms with van der Waals surface area (Å²) < 4.78 is 24.5. The minimum atomic E-state index is -0.916. The first-order chi connectivity index (χ1) is 12.5. The summed E-state index contributed by atoms with van der Waals surface area (Å²) in [6.07, 6.45) is 4.57. The number of phenolic OH excluding ortho intramolecular Hbond substituents is 1. The molecule has 2 unspecified atom stereocenters. The molecule has 1 aliphatic rings. The summed E-state index contributed by atoms with van der Waals surface area (Å²) >= 11 is 0. The summed E-state index contributed by atoms with van der Waals surface area (Å²) in [6.45, 7) is 4.02. The fourth-order valence-corrected chi connectivity index (χ4v) is 3.30. The molecule has 1 saturated heterocycles. The number of hydrogen-bond donors (Lipinski definition) is 1. The van der Waals surface area contributed by atoms with Crippen molar-refractivity contribution in [3.05, 3.63) is 23.5 Å². The van der Waals surface area contributed by atoms with Crippen molar-refractivity contribution in [3.8, 4) is 11.5 Å². The van der Waals surface area contributed by atoms with E-state index in [1.807, 2.05) is 6.92 Å². The molecule has 0 aromatic heterocycles. The third kappa shape index (κ3) is 4.96. The molecule has 1 N–H and O–H groups in total. The van der Waals surface area contributed by atoms with E-state index in [0.717, 1.165) is 25.7 Å². The lowest BCUT2D eigenvalue weighted by Gasteiger charge is -2.27. The Morgan fingerprint density at radius 3 is 2.73 bits per heavy atom. The zero-order chi connectivity index (χ0) is 19.1. The van der Waals surface area contributed by atoms with E-state index in [4.69, 9.17) is 9.47 Å². The highest BCUT2D eigenvalue weighted by Crippen LogP contribution is 2.31. The Morgan fingerprint density at radius 1 is 1.31 bits per heavy atom. The van der Waals surface area contributed by atoms with Gasteiger partial charge >= 0.3 is 5.97 Å². The zero-order valence-electron chi connectivity index (χ0n) is 15.4. The summed E-state index contributed by atoms with van der Waals surface area (Å²) in [5.74, 6) is -2.14. The van der Waals surface area contributed by atoms with Crippen molar-refractivity contribution in [2.24, 2.45) is 5.92 Å². The van der Waals surface area contributed by atoms with Gasteiger partial charge in [-0.15, -0.1) is 0 Å². The van der Waals surface area contributed by atoms with Crippen LogP contribution in [0.3, 0.4) is 0 Å². The number of ether oxygens (including phenoxy) is 2. The van der Waals surface area contributed by atoms with E-state index >= 15 is 0 Å². The molecule has 2 rings (SSSR count). The molecule has 5 nitrogen and oxygen atoms in total. The number of cyclic esters (lactones) is 1. The number of rotatable bonds is 9. The Balaban J connectivity index is 1.84. The molecule has 144 valence electrons. The lowest BCUT2D eigenvalue weighted by atomic mass is 9.91. The maximum Gasteiger partial charge on any atom is 0.309 e. The molecular weight excluding hydrogens is 339 g/mol. The molecule has 1 fully saturated rings. The van der Waals surface area contributed by atoms with Gasteiger partial charge in [0.25, 0.3) is 0 Å². The van der Waals surface area contributed by atoms with Gasteiger partial charge in [-0.2, -0.15) is 4.39 Å². The molecule has 26 heavy (non-hydrogen) atoms. The third-order valence-electron chi connectivity index (χ3n) is 4.70. The van der Waals surface area contributed by atoms with Crippen LogP contribution in [0.2, 0.25) is 0 Å². The molecule has 1 aromatic rings. The van der Waals surface area contributed by atoms with Gasteiger partial charge in [0, 0.05) is 6.42 Å². The van der Waals surface area contributed by atoms with E-state index in [1.54, 1.807) is 6.92 Å². The van der Waals surface area contributed by atoms with Crippen molar-refractivity contribution in [2.75, 3.05) is 6.61 Å². The SMILES string of the molecule is CCCC1CCC(CCCC(=O)c2ccc(OCC)c(F)c2O)OC1=O. The lowest BCUT2D eigenvalue weighted by molar-refractivity contribution is -0.161. The summed E-state index contributed by atoms with van der Waals surface area (Å²) in [5, 5.41) is 9.89. The highest BCUT2D eigenvalue weighted by Gasteiger charge is 2.29. The van der Waals surface area contributed by atoms with Gasteiger partial charge in [0.05, 0.1) is 18.1 Å². The number of phenols is 1. The summed E-state index contributed by atoms with van der Waals surface area (Å²) in [4.78, 5) is 24.2. The molecule has 1 aromatic carbocycles. The normalized spacial score (nSPS) is 19.9. The maximum atomic E-state index is 14.0. The Morgan fingerprint density at radius 2 is 2.08 bits per heavy atom. The van der Waals surface area contributed by atoms with Gasteiger partial charge in [-0.05, 0) is 51.2 Å². The zero-order valence-corrected chi connectivity index (χ0v) is 15.4. The predicted octanol–water partition coefficient (Wildman–Crippen LogP) is 4.40.